The first kappa shape index (κ1) is 16.9. The molecule has 1 aromatic heterocycles. The smallest absolute Gasteiger partial charge is 0.226 e. The molecule has 1 fully saturated rings. The zero-order valence-electron chi connectivity index (χ0n) is 15.2. The second-order valence-corrected chi connectivity index (χ2v) is 7.10. The predicted molar refractivity (Wildman–Crippen MR) is 102 cm³/mol. The van der Waals surface area contributed by atoms with E-state index in [9.17, 15) is 4.79 Å². The fraction of sp³-hybridized carbons (Fsp3) is 0.429. The zero-order chi connectivity index (χ0) is 17.9. The number of aromatic nitrogens is 1. The molecule has 0 N–H and O–H groups in total. The lowest BCUT2D eigenvalue weighted by Gasteiger charge is -2.37. The Morgan fingerprint density at radius 3 is 2.69 bits per heavy atom. The van der Waals surface area contributed by atoms with Crippen LogP contribution >= 0.6 is 0 Å². The van der Waals surface area contributed by atoms with Gasteiger partial charge in [0.25, 0.3) is 0 Å². The van der Waals surface area contributed by atoms with Gasteiger partial charge in [-0.15, -0.1) is 0 Å². The second-order valence-electron chi connectivity index (χ2n) is 7.10. The number of piperazine rings is 1. The molecule has 2 aliphatic heterocycles. The molecule has 0 bridgehead atoms. The lowest BCUT2D eigenvalue weighted by Crippen LogP contribution is -2.51. The van der Waals surface area contributed by atoms with E-state index in [4.69, 9.17) is 4.74 Å². The number of para-hydroxylation sites is 1. The molecular formula is C21H25N3O2. The van der Waals surface area contributed by atoms with E-state index in [-0.39, 0.29) is 11.8 Å². The summed E-state index contributed by atoms with van der Waals surface area (Å²) in [7, 11) is 0. The van der Waals surface area contributed by atoms with Gasteiger partial charge < -0.3 is 14.5 Å². The number of carbonyl (C=O) groups excluding carboxylic acids is 1. The maximum absolute atomic E-state index is 13.0. The van der Waals surface area contributed by atoms with E-state index < -0.39 is 0 Å². The highest BCUT2D eigenvalue weighted by Gasteiger charge is 2.30. The van der Waals surface area contributed by atoms with Crippen LogP contribution in [0.3, 0.4) is 0 Å². The summed E-state index contributed by atoms with van der Waals surface area (Å²) in [4.78, 5) is 21.9. The van der Waals surface area contributed by atoms with Crippen LogP contribution in [0.15, 0.2) is 42.5 Å². The van der Waals surface area contributed by atoms with Gasteiger partial charge in [0.1, 0.15) is 11.6 Å². The summed E-state index contributed by atoms with van der Waals surface area (Å²) in [6.07, 6.45) is 1.56. The first-order chi connectivity index (χ1) is 12.7. The topological polar surface area (TPSA) is 45.7 Å². The van der Waals surface area contributed by atoms with Crippen molar-refractivity contribution in [3.05, 3.63) is 53.7 Å². The van der Waals surface area contributed by atoms with Crippen LogP contribution in [0.4, 0.5) is 5.82 Å². The van der Waals surface area contributed by atoms with E-state index in [0.717, 1.165) is 61.8 Å². The van der Waals surface area contributed by atoms with Crippen LogP contribution in [0.2, 0.25) is 0 Å². The Labute approximate surface area is 154 Å². The van der Waals surface area contributed by atoms with Crippen LogP contribution in [0, 0.1) is 12.8 Å². The number of fused-ring (bicyclic) bond motifs is 1. The minimum absolute atomic E-state index is 0.0160. The highest BCUT2D eigenvalue weighted by Crippen LogP contribution is 2.28. The summed E-state index contributed by atoms with van der Waals surface area (Å²) in [6.45, 7) is 5.81. The highest BCUT2D eigenvalue weighted by molar-refractivity contribution is 5.79. The summed E-state index contributed by atoms with van der Waals surface area (Å²) < 4.78 is 5.82. The van der Waals surface area contributed by atoms with Crippen molar-refractivity contribution in [1.29, 1.82) is 0 Å². The van der Waals surface area contributed by atoms with Gasteiger partial charge in [-0.25, -0.2) is 4.98 Å². The van der Waals surface area contributed by atoms with Gasteiger partial charge in [-0.05, 0) is 43.5 Å². The number of ether oxygens (including phenoxy) is 1. The predicted octanol–water partition coefficient (Wildman–Crippen LogP) is 2.68. The average molecular weight is 351 g/mol. The van der Waals surface area contributed by atoms with E-state index in [1.807, 2.05) is 48.2 Å². The molecule has 1 amide bonds. The lowest BCUT2D eigenvalue weighted by atomic mass is 9.95. The third-order valence-electron chi connectivity index (χ3n) is 5.30. The van der Waals surface area contributed by atoms with Crippen LogP contribution in [0.5, 0.6) is 5.75 Å². The number of rotatable bonds is 2. The van der Waals surface area contributed by atoms with Crippen molar-refractivity contribution in [3.63, 3.8) is 0 Å². The fourth-order valence-electron chi connectivity index (χ4n) is 3.82. The van der Waals surface area contributed by atoms with Gasteiger partial charge in [0, 0.05) is 37.8 Å². The van der Waals surface area contributed by atoms with Crippen molar-refractivity contribution in [2.45, 2.75) is 19.8 Å². The molecule has 26 heavy (non-hydrogen) atoms. The van der Waals surface area contributed by atoms with Crippen molar-refractivity contribution in [2.75, 3.05) is 37.7 Å². The number of carbonyl (C=O) groups is 1. The third-order valence-corrected chi connectivity index (χ3v) is 5.30. The maximum Gasteiger partial charge on any atom is 0.226 e. The van der Waals surface area contributed by atoms with Crippen molar-refractivity contribution >= 4 is 11.7 Å². The van der Waals surface area contributed by atoms with E-state index >= 15 is 0 Å². The molecule has 3 heterocycles. The summed E-state index contributed by atoms with van der Waals surface area (Å²) >= 11 is 0. The number of hydrogen-bond acceptors (Lipinski definition) is 4. The molecule has 1 atom stereocenters. The zero-order valence-corrected chi connectivity index (χ0v) is 15.2. The number of nitrogens with zero attached hydrogens (tertiary/aromatic N) is 3. The van der Waals surface area contributed by atoms with Crippen LogP contribution in [-0.2, 0) is 11.2 Å². The summed E-state index contributed by atoms with van der Waals surface area (Å²) in [5, 5.41) is 0. The number of pyridine rings is 1. The van der Waals surface area contributed by atoms with Gasteiger partial charge in [0.2, 0.25) is 5.91 Å². The molecule has 0 aliphatic carbocycles. The van der Waals surface area contributed by atoms with Crippen molar-refractivity contribution in [1.82, 2.24) is 9.88 Å². The van der Waals surface area contributed by atoms with Gasteiger partial charge in [-0.1, -0.05) is 24.3 Å². The van der Waals surface area contributed by atoms with E-state index in [0.29, 0.717) is 6.61 Å². The molecule has 2 aliphatic rings. The summed E-state index contributed by atoms with van der Waals surface area (Å²) in [6, 6.07) is 14.2. The molecule has 2 aromatic rings. The SMILES string of the molecule is Cc1cccc(N2CCN(C(=O)[C@@H]3CCOc4ccccc4C3)CC2)n1. The quantitative estimate of drug-likeness (QED) is 0.835. The van der Waals surface area contributed by atoms with E-state index in [2.05, 4.69) is 16.0 Å². The van der Waals surface area contributed by atoms with Crippen LogP contribution in [0.25, 0.3) is 0 Å². The largest absolute Gasteiger partial charge is 0.493 e. The third kappa shape index (κ3) is 3.52. The minimum atomic E-state index is 0.0160. The number of aryl methyl sites for hydroxylation is 1. The van der Waals surface area contributed by atoms with Gasteiger partial charge >= 0.3 is 0 Å². The molecule has 4 rings (SSSR count). The number of amides is 1. The van der Waals surface area contributed by atoms with Crippen molar-refractivity contribution in [3.8, 4) is 5.75 Å². The molecule has 0 spiro atoms. The van der Waals surface area contributed by atoms with E-state index in [1.54, 1.807) is 0 Å². The summed E-state index contributed by atoms with van der Waals surface area (Å²) in [5.41, 5.74) is 2.17. The second kappa shape index (κ2) is 7.36. The molecule has 0 radical (unpaired) electrons. The van der Waals surface area contributed by atoms with Crippen LogP contribution < -0.4 is 9.64 Å². The average Bonchev–Trinajstić information content (AvgIpc) is 2.90. The molecular weight excluding hydrogens is 326 g/mol. The standard InChI is InChI=1S/C21H25N3O2/c1-16-5-4-8-20(22-16)23-10-12-24(13-11-23)21(25)18-9-14-26-19-7-3-2-6-17(19)15-18/h2-8,18H,9-15H2,1H3/t18-/m1/s1. The number of hydrogen-bond donors (Lipinski definition) is 0. The van der Waals surface area contributed by atoms with Crippen molar-refractivity contribution < 1.29 is 9.53 Å². The Morgan fingerprint density at radius 1 is 1.08 bits per heavy atom. The molecule has 5 nitrogen and oxygen atoms in total. The van der Waals surface area contributed by atoms with Gasteiger partial charge in [0.05, 0.1) is 6.61 Å². The van der Waals surface area contributed by atoms with Crippen LogP contribution in [-0.4, -0.2) is 48.6 Å². The van der Waals surface area contributed by atoms with Gasteiger partial charge in [-0.2, -0.15) is 0 Å². The molecule has 1 aromatic carbocycles. The van der Waals surface area contributed by atoms with Gasteiger partial charge in [-0.3, -0.25) is 4.79 Å². The fourth-order valence-corrected chi connectivity index (χ4v) is 3.82. The first-order valence-electron chi connectivity index (χ1n) is 9.39. The minimum Gasteiger partial charge on any atom is -0.493 e. The van der Waals surface area contributed by atoms with E-state index in [1.165, 1.54) is 0 Å². The Kier molecular flexibility index (Phi) is 4.78. The number of anilines is 1. The Balaban J connectivity index is 1.39. The monoisotopic (exact) mass is 351 g/mol. The maximum atomic E-state index is 13.0. The summed E-state index contributed by atoms with van der Waals surface area (Å²) in [5.74, 6) is 2.22. The Morgan fingerprint density at radius 2 is 1.88 bits per heavy atom. The Bertz CT molecular complexity index is 784. The van der Waals surface area contributed by atoms with Crippen LogP contribution in [0.1, 0.15) is 17.7 Å². The lowest BCUT2D eigenvalue weighted by molar-refractivity contribution is -0.136. The highest BCUT2D eigenvalue weighted by atomic mass is 16.5. The normalized spacial score (nSPS) is 20.1. The molecule has 1 saturated heterocycles. The molecule has 136 valence electrons. The molecule has 0 saturated carbocycles. The van der Waals surface area contributed by atoms with Crippen molar-refractivity contribution in [2.24, 2.45) is 5.92 Å². The molecule has 0 unspecified atom stereocenters. The number of benzene rings is 1. The Hall–Kier alpha value is -2.56. The van der Waals surface area contributed by atoms with Gasteiger partial charge in [0.15, 0.2) is 0 Å². The molecule has 5 heteroatoms. The first-order valence-corrected chi connectivity index (χ1v) is 9.39.